The van der Waals surface area contributed by atoms with Gasteiger partial charge in [-0.15, -0.1) is 0 Å². The molecular formula is C27H39N3O16. The highest BCUT2D eigenvalue weighted by Crippen LogP contribution is 2.19. The van der Waals surface area contributed by atoms with Gasteiger partial charge >= 0.3 is 35.8 Å². The molecule has 19 nitrogen and oxygen atoms in total. The highest BCUT2D eigenvalue weighted by atomic mass is 16.4. The van der Waals surface area contributed by atoms with E-state index in [0.717, 1.165) is 0 Å². The van der Waals surface area contributed by atoms with Crippen LogP contribution in [0.4, 0.5) is 0 Å². The second-order valence-electron chi connectivity index (χ2n) is 10.5. The zero-order chi connectivity index (χ0) is 35.6. The van der Waals surface area contributed by atoms with E-state index in [9.17, 15) is 53.1 Å². The number of carbonyl (C=O) groups is 10. The van der Waals surface area contributed by atoms with E-state index in [1.165, 1.54) is 0 Å². The number of nitrogens with two attached hydrogens (primary N) is 1. The van der Waals surface area contributed by atoms with Gasteiger partial charge in [0.1, 0.15) is 11.8 Å². The maximum absolute atomic E-state index is 13.3. The van der Waals surface area contributed by atoms with Gasteiger partial charge in [0.2, 0.25) is 11.8 Å². The van der Waals surface area contributed by atoms with Crippen molar-refractivity contribution in [2.75, 3.05) is 0 Å². The van der Waals surface area contributed by atoms with Crippen LogP contribution in [0.25, 0.3) is 0 Å². The predicted octanol–water partition coefficient (Wildman–Crippen LogP) is -1.16. The Labute approximate surface area is 261 Å². The second-order valence-corrected chi connectivity index (χ2v) is 10.5. The SMILES string of the molecule is N[C@H](CCC(=O)O)C(=O)C[C@H](CCC(=O)O)C(=O)N[C@H](CCC(=O)O)C(=O)C[C@H](CCC(=O)O)C(=O)N[C@H](CCC(=O)O)C(=O)O. The van der Waals surface area contributed by atoms with E-state index < -0.39 is 160 Å². The van der Waals surface area contributed by atoms with Crippen molar-refractivity contribution in [2.24, 2.45) is 17.6 Å². The highest BCUT2D eigenvalue weighted by molar-refractivity contribution is 5.95. The van der Waals surface area contributed by atoms with Gasteiger partial charge in [0.25, 0.3) is 0 Å². The van der Waals surface area contributed by atoms with Crippen LogP contribution in [0.1, 0.15) is 77.0 Å². The van der Waals surface area contributed by atoms with Gasteiger partial charge in [-0.3, -0.25) is 43.2 Å². The number of carboxylic acid groups (broad SMARTS) is 6. The molecule has 0 aromatic rings. The van der Waals surface area contributed by atoms with Crippen LogP contribution in [0, 0.1) is 11.8 Å². The third-order valence-corrected chi connectivity index (χ3v) is 6.75. The molecule has 2 amide bonds. The first kappa shape index (κ1) is 41.1. The van der Waals surface area contributed by atoms with E-state index in [4.69, 9.17) is 31.3 Å². The summed E-state index contributed by atoms with van der Waals surface area (Å²) in [5, 5.41) is 58.6. The molecule has 19 heteroatoms. The lowest BCUT2D eigenvalue weighted by atomic mass is 9.89. The number of ketones is 2. The lowest BCUT2D eigenvalue weighted by Gasteiger charge is -2.24. The minimum atomic E-state index is -1.71. The molecule has 0 aromatic heterocycles. The molecule has 0 bridgehead atoms. The Morgan fingerprint density at radius 1 is 0.457 bits per heavy atom. The summed E-state index contributed by atoms with van der Waals surface area (Å²) in [6.45, 7) is 0. The van der Waals surface area contributed by atoms with Gasteiger partial charge in [-0.2, -0.15) is 0 Å². The molecule has 0 aliphatic heterocycles. The van der Waals surface area contributed by atoms with Gasteiger partial charge in [0.05, 0.1) is 12.1 Å². The fourth-order valence-corrected chi connectivity index (χ4v) is 4.15. The Morgan fingerprint density at radius 3 is 1.17 bits per heavy atom. The molecule has 0 unspecified atom stereocenters. The van der Waals surface area contributed by atoms with Crippen LogP contribution in [0.5, 0.6) is 0 Å². The molecule has 0 aliphatic rings. The monoisotopic (exact) mass is 661 g/mol. The van der Waals surface area contributed by atoms with Crippen molar-refractivity contribution < 1.29 is 78.6 Å². The van der Waals surface area contributed by atoms with Crippen LogP contribution in [-0.4, -0.2) is 108 Å². The first-order valence-electron chi connectivity index (χ1n) is 14.1. The average Bonchev–Trinajstić information content (AvgIpc) is 2.94. The van der Waals surface area contributed by atoms with Crippen molar-refractivity contribution in [1.82, 2.24) is 10.6 Å². The Kier molecular flexibility index (Phi) is 18.7. The molecule has 0 rings (SSSR count). The van der Waals surface area contributed by atoms with E-state index in [0.29, 0.717) is 0 Å². The molecule has 10 N–H and O–H groups in total. The third-order valence-electron chi connectivity index (χ3n) is 6.75. The summed E-state index contributed by atoms with van der Waals surface area (Å²) in [6.07, 6.45) is -6.79. The number of rotatable bonds is 26. The molecule has 0 aliphatic carbocycles. The Bertz CT molecular complexity index is 1170. The second kappa shape index (κ2) is 20.9. The maximum Gasteiger partial charge on any atom is 0.326 e. The summed E-state index contributed by atoms with van der Waals surface area (Å²) in [4.78, 5) is 119. The van der Waals surface area contributed by atoms with Crippen LogP contribution < -0.4 is 16.4 Å². The molecule has 46 heavy (non-hydrogen) atoms. The van der Waals surface area contributed by atoms with E-state index in [2.05, 4.69) is 10.6 Å². The molecule has 258 valence electrons. The lowest BCUT2D eigenvalue weighted by molar-refractivity contribution is -0.144. The van der Waals surface area contributed by atoms with Crippen LogP contribution in [0.2, 0.25) is 0 Å². The molecule has 0 saturated carbocycles. The lowest BCUT2D eigenvalue weighted by Crippen LogP contribution is -2.47. The standard InChI is InChI=1S/C27H39N3O16/c28-15(3-8-22(37)38)18(31)11-13(1-6-20(33)34)25(43)29-16(4-9-23(39)40)19(32)12-14(2-7-21(35)36)26(44)30-17(27(45)46)5-10-24(41)42/h13-17H,1-12,28H2,(H,29,43)(H,30,44)(H,33,34)(H,35,36)(H,37,38)(H,39,40)(H,41,42)(H,45,46)/t13-,14-,15+,16+,17+/m0/s1. The summed E-state index contributed by atoms with van der Waals surface area (Å²) >= 11 is 0. The summed E-state index contributed by atoms with van der Waals surface area (Å²) in [5.41, 5.74) is 5.69. The normalized spacial score (nSPS) is 14.0. The molecule has 0 spiro atoms. The maximum atomic E-state index is 13.3. The first-order chi connectivity index (χ1) is 21.3. The van der Waals surface area contributed by atoms with Crippen LogP contribution in [0.3, 0.4) is 0 Å². The number of hydrogen-bond acceptors (Lipinski definition) is 11. The fourth-order valence-electron chi connectivity index (χ4n) is 4.15. The zero-order valence-corrected chi connectivity index (χ0v) is 24.7. The van der Waals surface area contributed by atoms with Gasteiger partial charge in [-0.25, -0.2) is 4.79 Å². The summed E-state index contributed by atoms with van der Waals surface area (Å²) in [5.74, 6) is -15.1. The zero-order valence-electron chi connectivity index (χ0n) is 24.7. The fraction of sp³-hybridized carbons (Fsp3) is 0.630. The summed E-state index contributed by atoms with van der Waals surface area (Å²) in [6, 6.07) is -4.64. The third kappa shape index (κ3) is 18.0. The molecular weight excluding hydrogens is 622 g/mol. The van der Waals surface area contributed by atoms with E-state index >= 15 is 0 Å². The van der Waals surface area contributed by atoms with Crippen molar-refractivity contribution in [3.05, 3.63) is 0 Å². The molecule has 0 fully saturated rings. The average molecular weight is 662 g/mol. The summed E-state index contributed by atoms with van der Waals surface area (Å²) in [7, 11) is 0. The molecule has 0 aromatic carbocycles. The first-order valence-corrected chi connectivity index (χ1v) is 14.1. The number of carbonyl (C=O) groups excluding carboxylic acids is 4. The van der Waals surface area contributed by atoms with Crippen molar-refractivity contribution >= 4 is 59.2 Å². The number of carboxylic acids is 6. The molecule has 0 radical (unpaired) electrons. The van der Waals surface area contributed by atoms with Crippen molar-refractivity contribution in [1.29, 1.82) is 0 Å². The van der Waals surface area contributed by atoms with Gasteiger partial charge in [-0.1, -0.05) is 0 Å². The van der Waals surface area contributed by atoms with Gasteiger partial charge < -0.3 is 47.0 Å². The largest absolute Gasteiger partial charge is 0.481 e. The number of nitrogens with one attached hydrogen (secondary N) is 2. The van der Waals surface area contributed by atoms with Crippen LogP contribution >= 0.6 is 0 Å². The number of amides is 2. The van der Waals surface area contributed by atoms with Gasteiger partial charge in [0.15, 0.2) is 5.78 Å². The Morgan fingerprint density at radius 2 is 0.783 bits per heavy atom. The summed E-state index contributed by atoms with van der Waals surface area (Å²) < 4.78 is 0. The number of hydrogen-bond donors (Lipinski definition) is 9. The molecule has 0 saturated heterocycles. The van der Waals surface area contributed by atoms with Crippen LogP contribution in [-0.2, 0) is 47.9 Å². The smallest absolute Gasteiger partial charge is 0.326 e. The van der Waals surface area contributed by atoms with Crippen LogP contribution in [0.15, 0.2) is 0 Å². The molecule has 0 heterocycles. The van der Waals surface area contributed by atoms with Crippen molar-refractivity contribution in [3.8, 4) is 0 Å². The Hall–Kier alpha value is -4.94. The predicted molar refractivity (Wildman–Crippen MR) is 150 cm³/mol. The van der Waals surface area contributed by atoms with Gasteiger partial charge in [0, 0.05) is 56.8 Å². The van der Waals surface area contributed by atoms with E-state index in [1.54, 1.807) is 0 Å². The molecule has 5 atom stereocenters. The topological polar surface area (TPSA) is 342 Å². The number of Topliss-reactive ketones (excluding diaryl/α,β-unsaturated/α-hetero) is 2. The van der Waals surface area contributed by atoms with Crippen molar-refractivity contribution in [2.45, 2.75) is 95.2 Å². The highest BCUT2D eigenvalue weighted by Gasteiger charge is 2.33. The minimum Gasteiger partial charge on any atom is -0.481 e. The Balaban J connectivity index is 6.07. The van der Waals surface area contributed by atoms with Crippen molar-refractivity contribution in [3.63, 3.8) is 0 Å². The minimum absolute atomic E-state index is 0.278. The van der Waals surface area contributed by atoms with Gasteiger partial charge in [-0.05, 0) is 32.1 Å². The van der Waals surface area contributed by atoms with E-state index in [1.807, 2.05) is 0 Å². The number of aliphatic carboxylic acids is 6. The van der Waals surface area contributed by atoms with E-state index in [-0.39, 0.29) is 6.42 Å². The quantitative estimate of drug-likeness (QED) is 0.0527.